The molecule has 0 saturated heterocycles. The summed E-state index contributed by atoms with van der Waals surface area (Å²) in [6.07, 6.45) is 0.961. The summed E-state index contributed by atoms with van der Waals surface area (Å²) in [5, 5.41) is 26.4. The Labute approximate surface area is 197 Å². The molecular formula is C22H27N5O6S. The first-order chi connectivity index (χ1) is 15.9. The fourth-order valence-corrected chi connectivity index (χ4v) is 3.69. The first-order valence-corrected chi connectivity index (χ1v) is 12.0. The van der Waals surface area contributed by atoms with Gasteiger partial charge in [0.05, 0.1) is 22.6 Å². The molecule has 2 rings (SSSR count). The Hall–Kier alpha value is -3.56. The second-order valence-corrected chi connectivity index (χ2v) is 9.85. The molecule has 1 aromatic carbocycles. The van der Waals surface area contributed by atoms with Crippen molar-refractivity contribution in [3.8, 4) is 11.9 Å². The van der Waals surface area contributed by atoms with Crippen LogP contribution in [0.2, 0.25) is 0 Å². The van der Waals surface area contributed by atoms with Crippen LogP contribution in [0.5, 0.6) is 5.88 Å². The number of pyridine rings is 1. The zero-order valence-electron chi connectivity index (χ0n) is 19.4. The number of carbonyl (C=O) groups is 1. The van der Waals surface area contributed by atoms with E-state index in [0.717, 1.165) is 0 Å². The highest BCUT2D eigenvalue weighted by atomic mass is 32.2. The van der Waals surface area contributed by atoms with E-state index in [1.807, 2.05) is 6.92 Å². The molecule has 0 amide bonds. The summed E-state index contributed by atoms with van der Waals surface area (Å²) in [5.74, 6) is -0.870. The largest absolute Gasteiger partial charge is 0.494 e. The van der Waals surface area contributed by atoms with E-state index in [9.17, 15) is 23.1 Å². The molecule has 0 aliphatic rings. The van der Waals surface area contributed by atoms with E-state index < -0.39 is 26.9 Å². The van der Waals surface area contributed by atoms with E-state index in [-0.39, 0.29) is 46.5 Å². The van der Waals surface area contributed by atoms with Gasteiger partial charge in [0.25, 0.3) is 5.56 Å². The van der Waals surface area contributed by atoms with Crippen molar-refractivity contribution in [3.05, 3.63) is 45.7 Å². The molecule has 3 N–H and O–H groups in total. The highest BCUT2D eigenvalue weighted by molar-refractivity contribution is 7.89. The van der Waals surface area contributed by atoms with Crippen LogP contribution in [0.1, 0.15) is 44.7 Å². The van der Waals surface area contributed by atoms with Gasteiger partial charge in [0.1, 0.15) is 11.6 Å². The highest BCUT2D eigenvalue weighted by Gasteiger charge is 2.26. The predicted molar refractivity (Wildman–Crippen MR) is 124 cm³/mol. The Morgan fingerprint density at radius 2 is 1.91 bits per heavy atom. The first kappa shape index (κ1) is 26.7. The minimum absolute atomic E-state index is 0.000916. The molecule has 0 atom stereocenters. The van der Waals surface area contributed by atoms with Gasteiger partial charge in [-0.25, -0.2) is 13.1 Å². The maximum Gasteiger partial charge on any atom is 0.311 e. The van der Waals surface area contributed by atoms with Crippen molar-refractivity contribution in [1.29, 1.82) is 5.26 Å². The van der Waals surface area contributed by atoms with E-state index in [4.69, 9.17) is 10.00 Å². The van der Waals surface area contributed by atoms with Crippen molar-refractivity contribution >= 4 is 27.4 Å². The Morgan fingerprint density at radius 3 is 2.50 bits per heavy atom. The van der Waals surface area contributed by atoms with Crippen LogP contribution in [0, 0.1) is 23.7 Å². The van der Waals surface area contributed by atoms with Gasteiger partial charge >= 0.3 is 5.97 Å². The number of ether oxygens (including phenoxy) is 1. The Kier molecular flexibility index (Phi) is 8.67. The van der Waals surface area contributed by atoms with Crippen molar-refractivity contribution in [3.63, 3.8) is 0 Å². The summed E-state index contributed by atoms with van der Waals surface area (Å²) < 4.78 is 32.5. The molecule has 11 nitrogen and oxygen atoms in total. The van der Waals surface area contributed by atoms with Crippen LogP contribution in [0.15, 0.2) is 44.2 Å². The number of H-pyrrole nitrogens is 1. The SMILES string of the molecule is CCC(C)(C)C(=O)OCCCNS(=O)(=O)c1ccc(N=Nc2c(C)c(C#N)c(O)[nH]c2=O)cc1. The summed E-state index contributed by atoms with van der Waals surface area (Å²) in [4.78, 5) is 26.0. The third kappa shape index (κ3) is 6.49. The number of esters is 1. The molecule has 34 heavy (non-hydrogen) atoms. The third-order valence-electron chi connectivity index (χ3n) is 5.22. The molecule has 0 aliphatic heterocycles. The quantitative estimate of drug-likeness (QED) is 0.260. The minimum Gasteiger partial charge on any atom is -0.494 e. The lowest BCUT2D eigenvalue weighted by molar-refractivity contribution is -0.154. The zero-order chi connectivity index (χ0) is 25.5. The number of rotatable bonds is 10. The highest BCUT2D eigenvalue weighted by Crippen LogP contribution is 2.25. The fraction of sp³-hybridized carbons (Fsp3) is 0.409. The number of benzene rings is 1. The number of aromatic amines is 1. The molecule has 0 saturated carbocycles. The molecule has 0 unspecified atom stereocenters. The number of azo groups is 1. The number of aromatic nitrogens is 1. The van der Waals surface area contributed by atoms with Crippen molar-refractivity contribution < 1.29 is 23.1 Å². The van der Waals surface area contributed by atoms with Crippen molar-refractivity contribution in [2.75, 3.05) is 13.2 Å². The predicted octanol–water partition coefficient (Wildman–Crippen LogP) is 3.32. The number of hydrogen-bond acceptors (Lipinski definition) is 9. The van der Waals surface area contributed by atoms with Gasteiger partial charge < -0.3 is 9.84 Å². The number of hydrogen-bond donors (Lipinski definition) is 3. The number of nitriles is 1. The molecule has 0 spiro atoms. The molecule has 0 aliphatic carbocycles. The monoisotopic (exact) mass is 489 g/mol. The van der Waals surface area contributed by atoms with Gasteiger partial charge in [-0.15, -0.1) is 5.11 Å². The Bertz CT molecular complexity index is 1270. The lowest BCUT2D eigenvalue weighted by atomic mass is 9.91. The summed E-state index contributed by atoms with van der Waals surface area (Å²) in [7, 11) is -3.79. The zero-order valence-corrected chi connectivity index (χ0v) is 20.2. The lowest BCUT2D eigenvalue weighted by Gasteiger charge is -2.20. The standard InChI is InChI=1S/C22H27N5O6S/c1-5-22(3,4)21(30)33-12-6-11-24-34(31,32)16-9-7-15(8-10-16)26-27-18-14(2)17(13-23)19(28)25-20(18)29/h7-10,24H,5-6,11-12H2,1-4H3,(H2,25,28,29). The number of carbonyl (C=O) groups excluding carboxylic acids is 1. The first-order valence-electron chi connectivity index (χ1n) is 10.5. The van der Waals surface area contributed by atoms with Gasteiger partial charge in [0.2, 0.25) is 15.9 Å². The van der Waals surface area contributed by atoms with Gasteiger partial charge in [-0.3, -0.25) is 14.6 Å². The second-order valence-electron chi connectivity index (χ2n) is 8.08. The molecule has 12 heteroatoms. The molecule has 0 fully saturated rings. The number of aromatic hydroxyl groups is 1. The molecule has 1 aromatic heterocycles. The number of nitrogens with one attached hydrogen (secondary N) is 2. The van der Waals surface area contributed by atoms with Crippen LogP contribution in [0.25, 0.3) is 0 Å². The van der Waals surface area contributed by atoms with E-state index >= 15 is 0 Å². The maximum atomic E-state index is 12.4. The van der Waals surface area contributed by atoms with Gasteiger partial charge in [0.15, 0.2) is 5.69 Å². The van der Waals surface area contributed by atoms with Gasteiger partial charge in [0, 0.05) is 12.1 Å². The maximum absolute atomic E-state index is 12.4. The normalized spacial score (nSPS) is 12.0. The van der Waals surface area contributed by atoms with Crippen molar-refractivity contribution in [2.24, 2.45) is 15.6 Å². The third-order valence-corrected chi connectivity index (χ3v) is 6.70. The molecule has 0 bridgehead atoms. The van der Waals surface area contributed by atoms with Crippen LogP contribution >= 0.6 is 0 Å². The van der Waals surface area contributed by atoms with E-state index in [1.165, 1.54) is 31.2 Å². The van der Waals surface area contributed by atoms with Gasteiger partial charge in [-0.05, 0) is 57.9 Å². The molecule has 1 heterocycles. The van der Waals surface area contributed by atoms with Crippen LogP contribution in [-0.2, 0) is 19.6 Å². The van der Waals surface area contributed by atoms with E-state index in [1.54, 1.807) is 19.9 Å². The number of sulfonamides is 1. The average Bonchev–Trinajstić information content (AvgIpc) is 2.78. The second kappa shape index (κ2) is 11.0. The van der Waals surface area contributed by atoms with E-state index in [0.29, 0.717) is 12.8 Å². The van der Waals surface area contributed by atoms with Crippen molar-refractivity contribution in [1.82, 2.24) is 9.71 Å². The Morgan fingerprint density at radius 1 is 1.26 bits per heavy atom. The summed E-state index contributed by atoms with van der Waals surface area (Å²) in [5.41, 5.74) is -1.12. The summed E-state index contributed by atoms with van der Waals surface area (Å²) in [6, 6.07) is 7.24. The van der Waals surface area contributed by atoms with Crippen LogP contribution in [0.4, 0.5) is 11.4 Å². The minimum atomic E-state index is -3.79. The summed E-state index contributed by atoms with van der Waals surface area (Å²) in [6.45, 7) is 7.11. The Balaban J connectivity index is 2.00. The molecule has 0 radical (unpaired) electrons. The lowest BCUT2D eigenvalue weighted by Crippen LogP contribution is -2.28. The smallest absolute Gasteiger partial charge is 0.311 e. The van der Waals surface area contributed by atoms with Gasteiger partial charge in [-0.2, -0.15) is 10.4 Å². The fourth-order valence-electron chi connectivity index (χ4n) is 2.62. The molecular weight excluding hydrogens is 462 g/mol. The van der Waals surface area contributed by atoms with Gasteiger partial charge in [-0.1, -0.05) is 6.92 Å². The molecule has 2 aromatic rings. The molecule has 182 valence electrons. The van der Waals surface area contributed by atoms with E-state index in [2.05, 4.69) is 19.9 Å². The van der Waals surface area contributed by atoms with Crippen LogP contribution < -0.4 is 10.3 Å². The summed E-state index contributed by atoms with van der Waals surface area (Å²) >= 11 is 0. The number of nitrogens with zero attached hydrogens (tertiary/aromatic N) is 3. The average molecular weight is 490 g/mol. The van der Waals surface area contributed by atoms with Crippen LogP contribution in [-0.4, -0.2) is 37.6 Å². The van der Waals surface area contributed by atoms with Crippen LogP contribution in [0.3, 0.4) is 0 Å². The van der Waals surface area contributed by atoms with Crippen molar-refractivity contribution in [2.45, 2.75) is 45.4 Å². The topological polar surface area (TPSA) is 174 Å².